The maximum Gasteiger partial charge on any atom is 0.343 e. The van der Waals surface area contributed by atoms with E-state index in [1.165, 1.54) is 12.1 Å². The second kappa shape index (κ2) is 6.33. The van der Waals surface area contributed by atoms with Gasteiger partial charge in [0.25, 0.3) is 5.69 Å². The van der Waals surface area contributed by atoms with E-state index in [-0.39, 0.29) is 5.56 Å². The summed E-state index contributed by atoms with van der Waals surface area (Å²) in [5.41, 5.74) is -0.234. The highest BCUT2D eigenvalue weighted by molar-refractivity contribution is 5.94. The summed E-state index contributed by atoms with van der Waals surface area (Å²) in [6.07, 6.45) is 2.39. The number of nitrogens with zero attached hydrogens (tertiary/aromatic N) is 3. The Hall–Kier alpha value is -2.46. The van der Waals surface area contributed by atoms with Crippen LogP contribution in [0.4, 0.5) is 5.69 Å². The Morgan fingerprint density at radius 3 is 2.76 bits per heavy atom. The van der Waals surface area contributed by atoms with Crippen LogP contribution in [0.25, 0.3) is 0 Å². The molecular formula is C14H15N3O4. The molecule has 7 heteroatoms. The first-order valence-electron chi connectivity index (χ1n) is 6.65. The van der Waals surface area contributed by atoms with Gasteiger partial charge < -0.3 is 5.11 Å². The third kappa shape index (κ3) is 3.55. The van der Waals surface area contributed by atoms with Crippen molar-refractivity contribution in [2.45, 2.75) is 31.8 Å². The normalized spacial score (nSPS) is 13.9. The molecule has 0 aliphatic heterocycles. The quantitative estimate of drug-likeness (QED) is 0.608. The minimum atomic E-state index is -1.30. The highest BCUT2D eigenvalue weighted by Crippen LogP contribution is 2.30. The minimum Gasteiger partial charge on any atom is -0.477 e. The van der Waals surface area contributed by atoms with Gasteiger partial charge in [-0.25, -0.2) is 4.79 Å². The fraction of sp³-hybridized carbons (Fsp3) is 0.429. The summed E-state index contributed by atoms with van der Waals surface area (Å²) in [6.45, 7) is 0.860. The molecule has 2 rings (SSSR count). The first-order chi connectivity index (χ1) is 10.0. The van der Waals surface area contributed by atoms with Crippen LogP contribution >= 0.6 is 0 Å². The molecule has 1 N–H and O–H groups in total. The maximum absolute atomic E-state index is 11.4. The van der Waals surface area contributed by atoms with Crippen molar-refractivity contribution in [3.05, 3.63) is 39.4 Å². The molecule has 1 aromatic carbocycles. The lowest BCUT2D eigenvalue weighted by Gasteiger charge is -2.21. The number of aromatic carboxylic acids is 1. The largest absolute Gasteiger partial charge is 0.477 e. The topological polar surface area (TPSA) is 107 Å². The zero-order valence-electron chi connectivity index (χ0n) is 11.4. The Morgan fingerprint density at radius 2 is 2.24 bits per heavy atom. The molecule has 0 aromatic heterocycles. The second-order valence-corrected chi connectivity index (χ2v) is 4.98. The zero-order chi connectivity index (χ0) is 15.4. The summed E-state index contributed by atoms with van der Waals surface area (Å²) in [5.74, 6) is -1.30. The number of hydrogen-bond acceptors (Lipinski definition) is 5. The van der Waals surface area contributed by atoms with Crippen molar-refractivity contribution in [2.75, 3.05) is 6.54 Å². The van der Waals surface area contributed by atoms with E-state index in [1.807, 2.05) is 4.90 Å². The predicted molar refractivity (Wildman–Crippen MR) is 73.7 cm³/mol. The van der Waals surface area contributed by atoms with Crippen LogP contribution in [0.2, 0.25) is 0 Å². The molecule has 1 fully saturated rings. The summed E-state index contributed by atoms with van der Waals surface area (Å²) in [5, 5.41) is 28.9. The fourth-order valence-electron chi connectivity index (χ4n) is 2.36. The number of carboxylic acid groups (broad SMARTS) is 1. The van der Waals surface area contributed by atoms with Gasteiger partial charge in [-0.3, -0.25) is 15.0 Å². The first-order valence-corrected chi connectivity index (χ1v) is 6.65. The Bertz CT molecular complexity index is 605. The van der Waals surface area contributed by atoms with E-state index in [2.05, 4.69) is 6.07 Å². The zero-order valence-corrected chi connectivity index (χ0v) is 11.4. The molecule has 0 bridgehead atoms. The Balaban J connectivity index is 2.30. The molecule has 0 spiro atoms. The number of nitro groups is 1. The number of nitro benzene ring substituents is 1. The molecule has 1 aliphatic carbocycles. The molecule has 21 heavy (non-hydrogen) atoms. The number of carbonyl (C=O) groups is 1. The molecule has 0 amide bonds. The molecule has 1 saturated carbocycles. The van der Waals surface area contributed by atoms with E-state index in [4.69, 9.17) is 5.26 Å². The second-order valence-electron chi connectivity index (χ2n) is 4.98. The third-order valence-corrected chi connectivity index (χ3v) is 3.49. The molecule has 1 aromatic rings. The molecule has 7 nitrogen and oxygen atoms in total. The van der Waals surface area contributed by atoms with Crippen molar-refractivity contribution in [2.24, 2.45) is 0 Å². The number of carboxylic acids is 1. The Morgan fingerprint density at radius 1 is 1.52 bits per heavy atom. The molecule has 0 atom stereocenters. The van der Waals surface area contributed by atoms with Crippen LogP contribution in [0.15, 0.2) is 18.2 Å². The van der Waals surface area contributed by atoms with Crippen LogP contribution in [0, 0.1) is 21.4 Å². The summed E-state index contributed by atoms with van der Waals surface area (Å²) in [7, 11) is 0. The highest BCUT2D eigenvalue weighted by Gasteiger charge is 2.31. The van der Waals surface area contributed by atoms with Crippen molar-refractivity contribution in [3.63, 3.8) is 0 Å². The van der Waals surface area contributed by atoms with E-state index >= 15 is 0 Å². The van der Waals surface area contributed by atoms with Gasteiger partial charge in [-0.1, -0.05) is 12.1 Å². The number of nitriles is 1. The van der Waals surface area contributed by atoms with Crippen LogP contribution in [0.1, 0.15) is 35.2 Å². The Labute approximate surface area is 121 Å². The first kappa shape index (κ1) is 14.9. The predicted octanol–water partition coefficient (Wildman–Crippen LogP) is 2.17. The van der Waals surface area contributed by atoms with E-state index in [0.29, 0.717) is 31.1 Å². The standard InChI is InChI=1S/C14H15N3O4/c15-7-2-8-16(11-5-6-11)9-10-3-1-4-12(17(20)21)13(10)14(18)19/h1,3-4,11H,2,5-6,8-9H2,(H,18,19). The summed E-state index contributed by atoms with van der Waals surface area (Å²) in [4.78, 5) is 23.7. The van der Waals surface area contributed by atoms with Crippen molar-refractivity contribution in [3.8, 4) is 6.07 Å². The third-order valence-electron chi connectivity index (χ3n) is 3.49. The lowest BCUT2D eigenvalue weighted by Crippen LogP contribution is -2.27. The molecule has 0 heterocycles. The van der Waals surface area contributed by atoms with Gasteiger partial charge in [-0.15, -0.1) is 0 Å². The maximum atomic E-state index is 11.4. The summed E-state index contributed by atoms with van der Waals surface area (Å²) in [6, 6.07) is 6.70. The molecule has 0 unspecified atom stereocenters. The molecule has 110 valence electrons. The van der Waals surface area contributed by atoms with Gasteiger partial charge in [-0.05, 0) is 18.4 Å². The van der Waals surface area contributed by atoms with Gasteiger partial charge >= 0.3 is 5.97 Å². The summed E-state index contributed by atoms with van der Waals surface area (Å²) >= 11 is 0. The number of rotatable bonds is 7. The number of hydrogen-bond donors (Lipinski definition) is 1. The highest BCUT2D eigenvalue weighted by atomic mass is 16.6. The molecule has 0 radical (unpaired) electrons. The average Bonchev–Trinajstić information content (AvgIpc) is 3.27. The van der Waals surface area contributed by atoms with E-state index in [9.17, 15) is 20.0 Å². The summed E-state index contributed by atoms with van der Waals surface area (Å²) < 4.78 is 0. The van der Waals surface area contributed by atoms with Crippen molar-refractivity contribution in [1.82, 2.24) is 4.90 Å². The SMILES string of the molecule is N#CCCN(Cc1cccc([N+](=O)[O-])c1C(=O)O)C1CC1. The minimum absolute atomic E-state index is 0.259. The molecular weight excluding hydrogens is 274 g/mol. The van der Waals surface area contributed by atoms with Gasteiger partial charge in [0.15, 0.2) is 0 Å². The van der Waals surface area contributed by atoms with Gasteiger partial charge in [0.1, 0.15) is 5.56 Å². The fourth-order valence-corrected chi connectivity index (χ4v) is 2.36. The van der Waals surface area contributed by atoms with Crippen LogP contribution in [0.5, 0.6) is 0 Å². The average molecular weight is 289 g/mol. The van der Waals surface area contributed by atoms with Crippen molar-refractivity contribution < 1.29 is 14.8 Å². The van der Waals surface area contributed by atoms with Gasteiger partial charge in [0.2, 0.25) is 0 Å². The van der Waals surface area contributed by atoms with Crippen molar-refractivity contribution >= 4 is 11.7 Å². The van der Waals surface area contributed by atoms with Crippen molar-refractivity contribution in [1.29, 1.82) is 5.26 Å². The Kier molecular flexibility index (Phi) is 4.50. The van der Waals surface area contributed by atoms with Gasteiger partial charge in [-0.2, -0.15) is 5.26 Å². The van der Waals surface area contributed by atoms with Gasteiger partial charge in [0, 0.05) is 31.6 Å². The number of benzene rings is 1. The smallest absolute Gasteiger partial charge is 0.343 e. The van der Waals surface area contributed by atoms with E-state index in [0.717, 1.165) is 12.8 Å². The molecule has 1 aliphatic rings. The van der Waals surface area contributed by atoms with Crippen LogP contribution in [0.3, 0.4) is 0 Å². The van der Waals surface area contributed by atoms with E-state index in [1.54, 1.807) is 6.07 Å². The van der Waals surface area contributed by atoms with Crippen LogP contribution < -0.4 is 0 Å². The lowest BCUT2D eigenvalue weighted by atomic mass is 10.0. The molecule has 0 saturated heterocycles. The van der Waals surface area contributed by atoms with Crippen LogP contribution in [-0.2, 0) is 6.54 Å². The lowest BCUT2D eigenvalue weighted by molar-refractivity contribution is -0.385. The monoisotopic (exact) mass is 289 g/mol. The van der Waals surface area contributed by atoms with Crippen LogP contribution in [-0.4, -0.2) is 33.5 Å². The van der Waals surface area contributed by atoms with E-state index < -0.39 is 16.6 Å². The van der Waals surface area contributed by atoms with Gasteiger partial charge in [0.05, 0.1) is 11.0 Å².